The Morgan fingerprint density at radius 1 is 1.47 bits per heavy atom. The van der Waals surface area contributed by atoms with Crippen LogP contribution in [0.5, 0.6) is 0 Å². The number of hydrogen-bond donors (Lipinski definition) is 2. The lowest BCUT2D eigenvalue weighted by molar-refractivity contribution is -0.115. The van der Waals surface area contributed by atoms with Crippen molar-refractivity contribution in [2.75, 3.05) is 18.4 Å². The van der Waals surface area contributed by atoms with Crippen molar-refractivity contribution < 1.29 is 9.59 Å². The number of likely N-dealkylation sites (tertiary alicyclic amines) is 1. The molecule has 1 aromatic carbocycles. The van der Waals surface area contributed by atoms with Crippen molar-refractivity contribution in [1.82, 2.24) is 4.90 Å². The monoisotopic (exact) mass is 259 g/mol. The predicted molar refractivity (Wildman–Crippen MR) is 71.9 cm³/mol. The van der Waals surface area contributed by atoms with Gasteiger partial charge in [-0.3, -0.25) is 9.59 Å². The number of benzene rings is 1. The molecule has 2 heterocycles. The highest BCUT2D eigenvalue weighted by molar-refractivity contribution is 6.02. The molecule has 0 spiro atoms. The van der Waals surface area contributed by atoms with E-state index in [1.165, 1.54) is 0 Å². The first-order chi connectivity index (χ1) is 9.19. The largest absolute Gasteiger partial charge is 0.334 e. The third-order valence-corrected chi connectivity index (χ3v) is 3.89. The van der Waals surface area contributed by atoms with E-state index in [9.17, 15) is 9.59 Å². The second kappa shape index (κ2) is 4.66. The van der Waals surface area contributed by atoms with E-state index in [0.717, 1.165) is 30.6 Å². The standard InChI is InChI=1S/C14H17N3O2/c15-8-11-2-1-5-17(11)14(19)10-4-3-9-7-13(18)16-12(9)6-10/h3-4,6,11H,1-2,5,7-8,15H2,(H,16,18). The van der Waals surface area contributed by atoms with Gasteiger partial charge in [0.25, 0.3) is 5.91 Å². The minimum atomic E-state index is -0.0133. The van der Waals surface area contributed by atoms with Crippen LogP contribution in [-0.2, 0) is 11.2 Å². The van der Waals surface area contributed by atoms with Crippen LogP contribution in [0.2, 0.25) is 0 Å². The first kappa shape index (κ1) is 12.2. The van der Waals surface area contributed by atoms with Crippen molar-refractivity contribution >= 4 is 17.5 Å². The molecular weight excluding hydrogens is 242 g/mol. The molecule has 0 aromatic heterocycles. The fraction of sp³-hybridized carbons (Fsp3) is 0.429. The van der Waals surface area contributed by atoms with Gasteiger partial charge in [0.1, 0.15) is 0 Å². The molecule has 1 saturated heterocycles. The van der Waals surface area contributed by atoms with E-state index in [1.807, 2.05) is 11.0 Å². The average molecular weight is 259 g/mol. The lowest BCUT2D eigenvalue weighted by Crippen LogP contribution is -2.39. The Hall–Kier alpha value is -1.88. The van der Waals surface area contributed by atoms with Gasteiger partial charge in [0.15, 0.2) is 0 Å². The fourth-order valence-electron chi connectivity index (χ4n) is 2.86. The summed E-state index contributed by atoms with van der Waals surface area (Å²) in [5.74, 6) is -0.00231. The molecule has 3 rings (SSSR count). The van der Waals surface area contributed by atoms with E-state index in [4.69, 9.17) is 5.73 Å². The summed E-state index contributed by atoms with van der Waals surface area (Å²) < 4.78 is 0. The molecule has 2 aliphatic rings. The first-order valence-corrected chi connectivity index (χ1v) is 6.63. The van der Waals surface area contributed by atoms with Gasteiger partial charge in [-0.05, 0) is 30.5 Å². The number of nitrogens with zero attached hydrogens (tertiary/aromatic N) is 1. The Morgan fingerprint density at radius 3 is 3.11 bits per heavy atom. The van der Waals surface area contributed by atoms with Crippen LogP contribution in [0, 0.1) is 0 Å². The molecule has 1 fully saturated rings. The third-order valence-electron chi connectivity index (χ3n) is 3.89. The Bertz CT molecular complexity index is 541. The molecule has 5 nitrogen and oxygen atoms in total. The number of hydrogen-bond acceptors (Lipinski definition) is 3. The van der Waals surface area contributed by atoms with Crippen molar-refractivity contribution in [2.45, 2.75) is 25.3 Å². The van der Waals surface area contributed by atoms with Crippen LogP contribution in [0.3, 0.4) is 0 Å². The van der Waals surface area contributed by atoms with Crippen LogP contribution in [0.4, 0.5) is 5.69 Å². The second-order valence-corrected chi connectivity index (χ2v) is 5.13. The third kappa shape index (κ3) is 2.10. The molecule has 3 N–H and O–H groups in total. The number of anilines is 1. The van der Waals surface area contributed by atoms with E-state index < -0.39 is 0 Å². The van der Waals surface area contributed by atoms with Crippen molar-refractivity contribution in [1.29, 1.82) is 0 Å². The Labute approximate surface area is 111 Å². The zero-order valence-corrected chi connectivity index (χ0v) is 10.7. The SMILES string of the molecule is NCC1CCCN1C(=O)c1ccc2c(c1)NC(=O)C2. The van der Waals surface area contributed by atoms with E-state index in [0.29, 0.717) is 18.5 Å². The zero-order chi connectivity index (χ0) is 13.4. The lowest BCUT2D eigenvalue weighted by atomic mass is 10.1. The van der Waals surface area contributed by atoms with Gasteiger partial charge in [-0.15, -0.1) is 0 Å². The van der Waals surface area contributed by atoms with Crippen LogP contribution in [0.25, 0.3) is 0 Å². The Kier molecular flexibility index (Phi) is 2.98. The maximum atomic E-state index is 12.5. The maximum absolute atomic E-state index is 12.5. The molecular formula is C14H17N3O2. The van der Waals surface area contributed by atoms with Gasteiger partial charge in [0, 0.05) is 30.4 Å². The molecule has 0 saturated carbocycles. The lowest BCUT2D eigenvalue weighted by Gasteiger charge is -2.23. The number of nitrogens with two attached hydrogens (primary N) is 1. The highest BCUT2D eigenvalue weighted by atomic mass is 16.2. The van der Waals surface area contributed by atoms with E-state index in [2.05, 4.69) is 5.32 Å². The fourth-order valence-corrected chi connectivity index (χ4v) is 2.86. The minimum Gasteiger partial charge on any atom is -0.334 e. The summed E-state index contributed by atoms with van der Waals surface area (Å²) in [6.45, 7) is 1.28. The molecule has 1 atom stereocenters. The van der Waals surface area contributed by atoms with E-state index in [1.54, 1.807) is 12.1 Å². The summed E-state index contributed by atoms with van der Waals surface area (Å²) in [6, 6.07) is 5.57. The Balaban J connectivity index is 1.85. The topological polar surface area (TPSA) is 75.4 Å². The second-order valence-electron chi connectivity index (χ2n) is 5.13. The van der Waals surface area contributed by atoms with E-state index in [-0.39, 0.29) is 17.9 Å². The molecule has 0 aliphatic carbocycles. The van der Waals surface area contributed by atoms with Crippen LogP contribution in [-0.4, -0.2) is 35.8 Å². The Morgan fingerprint density at radius 2 is 2.32 bits per heavy atom. The van der Waals surface area contributed by atoms with Crippen molar-refractivity contribution in [2.24, 2.45) is 5.73 Å². The molecule has 1 aromatic rings. The van der Waals surface area contributed by atoms with Gasteiger partial charge in [-0.2, -0.15) is 0 Å². The van der Waals surface area contributed by atoms with Gasteiger partial charge in [0.05, 0.1) is 6.42 Å². The normalized spacial score (nSPS) is 21.4. The highest BCUT2D eigenvalue weighted by Crippen LogP contribution is 2.26. The molecule has 0 radical (unpaired) electrons. The average Bonchev–Trinajstić information content (AvgIpc) is 3.01. The predicted octanol–water partition coefficient (Wildman–Crippen LogP) is 0.744. The van der Waals surface area contributed by atoms with Gasteiger partial charge >= 0.3 is 0 Å². The molecule has 19 heavy (non-hydrogen) atoms. The van der Waals surface area contributed by atoms with Crippen LogP contribution in [0.1, 0.15) is 28.8 Å². The quantitative estimate of drug-likeness (QED) is 0.822. The minimum absolute atomic E-state index is 0.0110. The number of amides is 2. The van der Waals surface area contributed by atoms with Crippen LogP contribution < -0.4 is 11.1 Å². The summed E-state index contributed by atoms with van der Waals surface area (Å²) in [7, 11) is 0. The summed E-state index contributed by atoms with van der Waals surface area (Å²) >= 11 is 0. The first-order valence-electron chi connectivity index (χ1n) is 6.63. The van der Waals surface area contributed by atoms with Gasteiger partial charge < -0.3 is 16.0 Å². The van der Waals surface area contributed by atoms with E-state index >= 15 is 0 Å². The van der Waals surface area contributed by atoms with Crippen molar-refractivity contribution in [3.05, 3.63) is 29.3 Å². The maximum Gasteiger partial charge on any atom is 0.254 e. The summed E-state index contributed by atoms with van der Waals surface area (Å²) in [6.07, 6.45) is 2.39. The number of fused-ring (bicyclic) bond motifs is 1. The van der Waals surface area contributed by atoms with Crippen LogP contribution in [0.15, 0.2) is 18.2 Å². The number of nitrogens with one attached hydrogen (secondary N) is 1. The van der Waals surface area contributed by atoms with Crippen LogP contribution >= 0.6 is 0 Å². The summed E-state index contributed by atoms with van der Waals surface area (Å²) in [5.41, 5.74) is 8.04. The number of rotatable bonds is 2. The summed E-state index contributed by atoms with van der Waals surface area (Å²) in [5, 5.41) is 2.77. The van der Waals surface area contributed by atoms with Gasteiger partial charge in [0.2, 0.25) is 5.91 Å². The van der Waals surface area contributed by atoms with Crippen molar-refractivity contribution in [3.63, 3.8) is 0 Å². The highest BCUT2D eigenvalue weighted by Gasteiger charge is 2.29. The molecule has 5 heteroatoms. The number of carbonyl (C=O) groups is 2. The van der Waals surface area contributed by atoms with Gasteiger partial charge in [-0.25, -0.2) is 0 Å². The van der Waals surface area contributed by atoms with Crippen molar-refractivity contribution in [3.8, 4) is 0 Å². The molecule has 2 amide bonds. The molecule has 100 valence electrons. The molecule has 2 aliphatic heterocycles. The zero-order valence-electron chi connectivity index (χ0n) is 10.7. The molecule has 0 bridgehead atoms. The summed E-state index contributed by atoms with van der Waals surface area (Å²) in [4.78, 5) is 25.6. The van der Waals surface area contributed by atoms with Gasteiger partial charge in [-0.1, -0.05) is 6.07 Å². The number of carbonyl (C=O) groups excluding carboxylic acids is 2. The smallest absolute Gasteiger partial charge is 0.254 e. The molecule has 1 unspecified atom stereocenters.